The third kappa shape index (κ3) is 2.19. The summed E-state index contributed by atoms with van der Waals surface area (Å²) in [6.07, 6.45) is -3.54. The first kappa shape index (κ1) is 13.1. The topological polar surface area (TPSA) is 15.3 Å². The first-order chi connectivity index (χ1) is 7.78. The third-order valence-corrected chi connectivity index (χ3v) is 4.21. The van der Waals surface area contributed by atoms with Gasteiger partial charge in [-0.25, -0.2) is 0 Å². The van der Waals surface area contributed by atoms with Crippen LogP contribution in [0, 0.1) is 5.92 Å². The van der Waals surface area contributed by atoms with E-state index < -0.39 is 11.7 Å². The molecule has 0 aromatic carbocycles. The smallest absolute Gasteiger partial charge is 0.311 e. The van der Waals surface area contributed by atoms with Gasteiger partial charge in [-0.1, -0.05) is 13.8 Å². The molecule has 0 aromatic rings. The summed E-state index contributed by atoms with van der Waals surface area (Å²) in [6.45, 7) is 7.16. The van der Waals surface area contributed by atoms with Crippen molar-refractivity contribution in [3.8, 4) is 0 Å². The lowest BCUT2D eigenvalue weighted by Crippen LogP contribution is -2.63. The largest absolute Gasteiger partial charge is 0.406 e. The number of nitrogens with zero attached hydrogens (tertiary/aromatic N) is 1. The van der Waals surface area contributed by atoms with Crippen molar-refractivity contribution in [2.24, 2.45) is 5.92 Å². The minimum atomic E-state index is -4.08. The number of halogens is 3. The Morgan fingerprint density at radius 1 is 1.29 bits per heavy atom. The Kier molecular flexibility index (Phi) is 3.19. The average Bonchev–Trinajstić information content (AvgIpc) is 2.97. The van der Waals surface area contributed by atoms with E-state index in [0.29, 0.717) is 19.0 Å². The molecule has 0 radical (unpaired) electrons. The summed E-state index contributed by atoms with van der Waals surface area (Å²) >= 11 is 0. The second kappa shape index (κ2) is 4.12. The molecule has 1 aliphatic heterocycles. The van der Waals surface area contributed by atoms with Crippen LogP contribution in [0.1, 0.15) is 33.6 Å². The zero-order valence-corrected chi connectivity index (χ0v) is 10.6. The molecule has 2 fully saturated rings. The highest BCUT2D eigenvalue weighted by Gasteiger charge is 2.67. The van der Waals surface area contributed by atoms with E-state index in [-0.39, 0.29) is 24.9 Å². The van der Waals surface area contributed by atoms with Crippen molar-refractivity contribution < 1.29 is 13.2 Å². The summed E-state index contributed by atoms with van der Waals surface area (Å²) in [7, 11) is 0. The zero-order valence-electron chi connectivity index (χ0n) is 10.6. The molecular formula is C12H21F3N2. The van der Waals surface area contributed by atoms with Crippen molar-refractivity contribution in [3.63, 3.8) is 0 Å². The highest BCUT2D eigenvalue weighted by Crippen LogP contribution is 2.54. The molecule has 0 amide bonds. The fourth-order valence-electron chi connectivity index (χ4n) is 2.78. The second-order valence-electron chi connectivity index (χ2n) is 5.79. The number of nitrogens with one attached hydrogen (secondary N) is 1. The summed E-state index contributed by atoms with van der Waals surface area (Å²) in [4.78, 5) is 1.69. The minimum Gasteiger partial charge on any atom is -0.311 e. The van der Waals surface area contributed by atoms with Gasteiger partial charge in [0, 0.05) is 25.2 Å². The summed E-state index contributed by atoms with van der Waals surface area (Å²) in [5.74, 6) is 0.369. The van der Waals surface area contributed by atoms with E-state index in [2.05, 4.69) is 19.2 Å². The molecule has 0 aromatic heterocycles. The molecule has 5 heteroatoms. The molecule has 1 aliphatic carbocycles. The third-order valence-electron chi connectivity index (χ3n) is 4.21. The maximum absolute atomic E-state index is 13.1. The Morgan fingerprint density at radius 2 is 1.88 bits per heavy atom. The lowest BCUT2D eigenvalue weighted by atomic mass is 9.97. The molecule has 2 rings (SSSR count). The van der Waals surface area contributed by atoms with Crippen LogP contribution in [0.2, 0.25) is 0 Å². The van der Waals surface area contributed by atoms with Crippen molar-refractivity contribution in [1.82, 2.24) is 10.2 Å². The maximum atomic E-state index is 13.1. The van der Waals surface area contributed by atoms with Gasteiger partial charge in [0.1, 0.15) is 5.54 Å². The lowest BCUT2D eigenvalue weighted by Gasteiger charge is -2.45. The van der Waals surface area contributed by atoms with E-state index in [4.69, 9.17) is 0 Å². The van der Waals surface area contributed by atoms with Crippen LogP contribution in [0.5, 0.6) is 0 Å². The molecule has 2 atom stereocenters. The van der Waals surface area contributed by atoms with E-state index in [1.54, 1.807) is 4.90 Å². The molecular weight excluding hydrogens is 229 g/mol. The molecule has 1 saturated carbocycles. The van der Waals surface area contributed by atoms with Gasteiger partial charge in [0.15, 0.2) is 0 Å². The van der Waals surface area contributed by atoms with Gasteiger partial charge >= 0.3 is 6.18 Å². The van der Waals surface area contributed by atoms with Crippen LogP contribution in [0.4, 0.5) is 13.2 Å². The van der Waals surface area contributed by atoms with Crippen LogP contribution in [0.3, 0.4) is 0 Å². The van der Waals surface area contributed by atoms with Crippen molar-refractivity contribution >= 4 is 0 Å². The van der Waals surface area contributed by atoms with Crippen molar-refractivity contribution in [2.75, 3.05) is 13.1 Å². The Balaban J connectivity index is 2.14. The summed E-state index contributed by atoms with van der Waals surface area (Å²) in [5.41, 5.74) is -1.51. The van der Waals surface area contributed by atoms with Crippen LogP contribution in [0.15, 0.2) is 0 Å². The van der Waals surface area contributed by atoms with Crippen molar-refractivity contribution in [2.45, 2.75) is 57.4 Å². The molecule has 2 aliphatic rings. The van der Waals surface area contributed by atoms with Gasteiger partial charge in [-0.15, -0.1) is 0 Å². The van der Waals surface area contributed by atoms with Crippen molar-refractivity contribution in [1.29, 1.82) is 0 Å². The molecule has 1 heterocycles. The van der Waals surface area contributed by atoms with Crippen LogP contribution in [-0.2, 0) is 0 Å². The first-order valence-electron chi connectivity index (χ1n) is 6.35. The van der Waals surface area contributed by atoms with Gasteiger partial charge in [-0.2, -0.15) is 13.2 Å². The second-order valence-corrected chi connectivity index (χ2v) is 5.79. The van der Waals surface area contributed by atoms with Crippen molar-refractivity contribution in [3.05, 3.63) is 0 Å². The summed E-state index contributed by atoms with van der Waals surface area (Å²) in [6, 6.07) is 0.139. The molecule has 1 N–H and O–H groups in total. The van der Waals surface area contributed by atoms with Gasteiger partial charge in [0.25, 0.3) is 0 Å². The first-order valence-corrected chi connectivity index (χ1v) is 6.35. The maximum Gasteiger partial charge on any atom is 0.406 e. The molecule has 0 bridgehead atoms. The van der Waals surface area contributed by atoms with Gasteiger partial charge < -0.3 is 5.32 Å². The average molecular weight is 250 g/mol. The molecule has 17 heavy (non-hydrogen) atoms. The van der Waals surface area contributed by atoms with Crippen LogP contribution < -0.4 is 5.32 Å². The highest BCUT2D eigenvalue weighted by molar-refractivity contribution is 5.12. The predicted octanol–water partition coefficient (Wildman–Crippen LogP) is 2.40. The van der Waals surface area contributed by atoms with Crippen LogP contribution in [0.25, 0.3) is 0 Å². The summed E-state index contributed by atoms with van der Waals surface area (Å²) in [5, 5.41) is 3.34. The van der Waals surface area contributed by atoms with Crippen LogP contribution in [-0.4, -0.2) is 41.8 Å². The number of piperazine rings is 1. The minimum absolute atomic E-state index is 0.0332. The summed E-state index contributed by atoms with van der Waals surface area (Å²) < 4.78 is 39.4. The molecule has 0 spiro atoms. The number of rotatable bonds is 2. The monoisotopic (exact) mass is 250 g/mol. The van der Waals surface area contributed by atoms with Crippen LogP contribution >= 0.6 is 0 Å². The fraction of sp³-hybridized carbons (Fsp3) is 1.00. The SMILES string of the molecule is CC(C)C1CN(C2(C(F)(F)F)CC2)C(C)CN1. The van der Waals surface area contributed by atoms with E-state index in [0.717, 1.165) is 0 Å². The van der Waals surface area contributed by atoms with Gasteiger partial charge in [-0.3, -0.25) is 4.90 Å². The molecule has 100 valence electrons. The Morgan fingerprint density at radius 3 is 2.29 bits per heavy atom. The van der Waals surface area contributed by atoms with E-state index >= 15 is 0 Å². The van der Waals surface area contributed by atoms with Gasteiger partial charge in [-0.05, 0) is 25.7 Å². The van der Waals surface area contributed by atoms with E-state index in [1.807, 2.05) is 6.92 Å². The van der Waals surface area contributed by atoms with E-state index in [9.17, 15) is 13.2 Å². The number of hydrogen-bond donors (Lipinski definition) is 1. The molecule has 2 nitrogen and oxygen atoms in total. The highest BCUT2D eigenvalue weighted by atomic mass is 19.4. The predicted molar refractivity (Wildman–Crippen MR) is 60.8 cm³/mol. The lowest BCUT2D eigenvalue weighted by molar-refractivity contribution is -0.206. The number of hydrogen-bond acceptors (Lipinski definition) is 2. The van der Waals surface area contributed by atoms with E-state index in [1.165, 1.54) is 0 Å². The van der Waals surface area contributed by atoms with Gasteiger partial charge in [0.05, 0.1) is 0 Å². The van der Waals surface area contributed by atoms with Gasteiger partial charge in [0.2, 0.25) is 0 Å². The zero-order chi connectivity index (χ0) is 12.8. The Bertz CT molecular complexity index is 284. The standard InChI is InChI=1S/C12H21F3N2/c1-8(2)10-7-17(9(3)6-16-10)11(4-5-11)12(13,14)15/h8-10,16H,4-7H2,1-3H3. The normalized spacial score (nSPS) is 34.1. The number of alkyl halides is 3. The fourth-order valence-corrected chi connectivity index (χ4v) is 2.78. The molecule has 2 unspecified atom stereocenters. The molecule has 1 saturated heterocycles. The Hall–Kier alpha value is -0.290. The Labute approximate surface area is 101 Å². The quantitative estimate of drug-likeness (QED) is 0.809.